The SMILES string of the molecule is CN(Cc1ccc(N(C)C)cc1)C(=O)COc1ccc(S(=O)(=O)N2CCOCC2)cc1[N+](=O)[O-]. The summed E-state index contributed by atoms with van der Waals surface area (Å²) in [6, 6.07) is 11.1. The third-order valence-electron chi connectivity index (χ3n) is 5.38. The van der Waals surface area contributed by atoms with Crippen molar-refractivity contribution in [2.45, 2.75) is 11.4 Å². The molecule has 12 heteroatoms. The van der Waals surface area contributed by atoms with Gasteiger partial charge in [0.2, 0.25) is 10.0 Å². The van der Waals surface area contributed by atoms with Crippen molar-refractivity contribution >= 4 is 27.3 Å². The number of nitrogens with zero attached hydrogens (tertiary/aromatic N) is 4. The number of rotatable bonds is 9. The number of nitro groups is 1. The second kappa shape index (κ2) is 10.8. The molecule has 184 valence electrons. The minimum Gasteiger partial charge on any atom is -0.477 e. The van der Waals surface area contributed by atoms with E-state index in [1.54, 1.807) is 7.05 Å². The number of hydrogen-bond acceptors (Lipinski definition) is 8. The number of ether oxygens (including phenoxy) is 2. The Morgan fingerprint density at radius 1 is 1.12 bits per heavy atom. The van der Waals surface area contributed by atoms with Gasteiger partial charge in [-0.2, -0.15) is 4.31 Å². The molecule has 11 nitrogen and oxygen atoms in total. The van der Waals surface area contributed by atoms with Crippen molar-refractivity contribution in [1.82, 2.24) is 9.21 Å². The molecule has 1 aliphatic heterocycles. The highest BCUT2D eigenvalue weighted by atomic mass is 32.2. The number of carbonyl (C=O) groups is 1. The first-order valence-corrected chi connectivity index (χ1v) is 12.0. The predicted octanol–water partition coefficient (Wildman–Crippen LogP) is 1.72. The summed E-state index contributed by atoms with van der Waals surface area (Å²) >= 11 is 0. The van der Waals surface area contributed by atoms with Gasteiger partial charge in [0.05, 0.1) is 23.0 Å². The number of amides is 1. The molecule has 34 heavy (non-hydrogen) atoms. The third kappa shape index (κ3) is 6.01. The van der Waals surface area contributed by atoms with E-state index in [9.17, 15) is 23.3 Å². The monoisotopic (exact) mass is 492 g/mol. The summed E-state index contributed by atoms with van der Waals surface area (Å²) in [6.45, 7) is 0.785. The van der Waals surface area contributed by atoms with Gasteiger partial charge in [0, 0.05) is 52.5 Å². The van der Waals surface area contributed by atoms with E-state index in [0.717, 1.165) is 17.3 Å². The fourth-order valence-electron chi connectivity index (χ4n) is 3.37. The molecule has 2 aromatic carbocycles. The molecule has 3 rings (SSSR count). The largest absolute Gasteiger partial charge is 0.477 e. The van der Waals surface area contributed by atoms with Gasteiger partial charge in [-0.25, -0.2) is 8.42 Å². The quantitative estimate of drug-likeness (QED) is 0.383. The summed E-state index contributed by atoms with van der Waals surface area (Å²) < 4.78 is 37.4. The zero-order valence-electron chi connectivity index (χ0n) is 19.3. The van der Waals surface area contributed by atoms with Gasteiger partial charge >= 0.3 is 5.69 Å². The lowest BCUT2D eigenvalue weighted by Crippen LogP contribution is -2.40. The van der Waals surface area contributed by atoms with Gasteiger partial charge < -0.3 is 19.3 Å². The summed E-state index contributed by atoms with van der Waals surface area (Å²) in [4.78, 5) is 26.6. The van der Waals surface area contributed by atoms with Crippen LogP contribution in [0.1, 0.15) is 5.56 Å². The first kappa shape index (κ1) is 25.4. The molecule has 0 saturated carbocycles. The minimum absolute atomic E-state index is 0.174. The summed E-state index contributed by atoms with van der Waals surface area (Å²) in [5, 5.41) is 11.6. The molecule has 1 fully saturated rings. The molecule has 0 aliphatic carbocycles. The van der Waals surface area contributed by atoms with Crippen LogP contribution in [0.2, 0.25) is 0 Å². The lowest BCUT2D eigenvalue weighted by atomic mass is 10.2. The van der Waals surface area contributed by atoms with Crippen LogP contribution in [0.5, 0.6) is 5.75 Å². The number of nitro benzene ring substituents is 1. The zero-order chi connectivity index (χ0) is 24.9. The molecule has 0 aromatic heterocycles. The van der Waals surface area contributed by atoms with Gasteiger partial charge in [-0.15, -0.1) is 0 Å². The minimum atomic E-state index is -3.91. The van der Waals surface area contributed by atoms with E-state index in [-0.39, 0.29) is 42.9 Å². The first-order chi connectivity index (χ1) is 16.1. The molecule has 1 saturated heterocycles. The number of likely N-dealkylation sites (N-methyl/N-ethyl adjacent to an activating group) is 1. The van der Waals surface area contributed by atoms with Crippen LogP contribution >= 0.6 is 0 Å². The van der Waals surface area contributed by atoms with Gasteiger partial charge in [-0.05, 0) is 29.8 Å². The topological polar surface area (TPSA) is 123 Å². The molecule has 0 spiro atoms. The van der Waals surface area contributed by atoms with E-state index in [1.165, 1.54) is 21.3 Å². The maximum absolute atomic E-state index is 12.8. The molecular formula is C22H28N4O7S. The normalized spacial score (nSPS) is 14.4. The lowest BCUT2D eigenvalue weighted by molar-refractivity contribution is -0.386. The van der Waals surface area contributed by atoms with E-state index < -0.39 is 27.2 Å². The molecule has 1 aliphatic rings. The van der Waals surface area contributed by atoms with Gasteiger partial charge in [0.15, 0.2) is 12.4 Å². The molecule has 0 N–H and O–H groups in total. The Hall–Kier alpha value is -3.22. The molecule has 0 atom stereocenters. The molecule has 2 aromatic rings. The molecule has 1 heterocycles. The first-order valence-electron chi connectivity index (χ1n) is 10.6. The van der Waals surface area contributed by atoms with Crippen molar-refractivity contribution < 1.29 is 27.6 Å². The van der Waals surface area contributed by atoms with Crippen LogP contribution in [-0.2, 0) is 26.1 Å². The van der Waals surface area contributed by atoms with Crippen molar-refractivity contribution in [2.75, 3.05) is 59.0 Å². The maximum Gasteiger partial charge on any atom is 0.312 e. The van der Waals surface area contributed by atoms with E-state index in [0.29, 0.717) is 6.54 Å². The van der Waals surface area contributed by atoms with E-state index in [1.807, 2.05) is 43.3 Å². The van der Waals surface area contributed by atoms with Crippen LogP contribution in [0.3, 0.4) is 0 Å². The van der Waals surface area contributed by atoms with Crippen molar-refractivity contribution in [3.63, 3.8) is 0 Å². The Morgan fingerprint density at radius 3 is 2.35 bits per heavy atom. The Bertz CT molecular complexity index is 1130. The fraction of sp³-hybridized carbons (Fsp3) is 0.409. The van der Waals surface area contributed by atoms with Crippen LogP contribution < -0.4 is 9.64 Å². The smallest absolute Gasteiger partial charge is 0.312 e. The fourth-order valence-corrected chi connectivity index (χ4v) is 4.80. The van der Waals surface area contributed by atoms with E-state index >= 15 is 0 Å². The van der Waals surface area contributed by atoms with E-state index in [4.69, 9.17) is 9.47 Å². The Kier molecular flexibility index (Phi) is 8.07. The average Bonchev–Trinajstić information content (AvgIpc) is 2.83. The highest BCUT2D eigenvalue weighted by Gasteiger charge is 2.29. The summed E-state index contributed by atoms with van der Waals surface area (Å²) in [6.07, 6.45) is 0. The third-order valence-corrected chi connectivity index (χ3v) is 7.28. The van der Waals surface area contributed by atoms with Crippen molar-refractivity contribution in [1.29, 1.82) is 0 Å². The van der Waals surface area contributed by atoms with Crippen LogP contribution in [0, 0.1) is 10.1 Å². The van der Waals surface area contributed by atoms with Crippen molar-refractivity contribution in [2.24, 2.45) is 0 Å². The Labute approximate surface area is 198 Å². The second-order valence-electron chi connectivity index (χ2n) is 8.00. The zero-order valence-corrected chi connectivity index (χ0v) is 20.2. The van der Waals surface area contributed by atoms with Crippen LogP contribution in [0.15, 0.2) is 47.4 Å². The number of carbonyl (C=O) groups excluding carboxylic acids is 1. The molecule has 1 amide bonds. The van der Waals surface area contributed by atoms with Gasteiger partial charge in [-0.3, -0.25) is 14.9 Å². The Morgan fingerprint density at radius 2 is 1.76 bits per heavy atom. The summed E-state index contributed by atoms with van der Waals surface area (Å²) in [5.41, 5.74) is 1.43. The maximum atomic E-state index is 12.8. The number of morpholine rings is 1. The summed E-state index contributed by atoms with van der Waals surface area (Å²) in [7, 11) is 1.57. The van der Waals surface area contributed by atoms with Gasteiger partial charge in [0.1, 0.15) is 0 Å². The van der Waals surface area contributed by atoms with Gasteiger partial charge in [-0.1, -0.05) is 12.1 Å². The predicted molar refractivity (Wildman–Crippen MR) is 125 cm³/mol. The highest BCUT2D eigenvalue weighted by Crippen LogP contribution is 2.31. The van der Waals surface area contributed by atoms with Crippen LogP contribution in [0.4, 0.5) is 11.4 Å². The Balaban J connectivity index is 1.67. The average molecular weight is 493 g/mol. The number of sulfonamides is 1. The second-order valence-corrected chi connectivity index (χ2v) is 9.94. The standard InChI is InChI=1S/C22H28N4O7S/c1-23(2)18-6-4-17(5-7-18)15-24(3)22(27)16-33-21-9-8-19(14-20(21)26(28)29)34(30,31)25-10-12-32-13-11-25/h4-9,14H,10-13,15-16H2,1-3H3. The number of anilines is 1. The molecule has 0 unspecified atom stereocenters. The summed E-state index contributed by atoms with van der Waals surface area (Å²) in [5.74, 6) is -0.556. The molecule has 0 radical (unpaired) electrons. The highest BCUT2D eigenvalue weighted by molar-refractivity contribution is 7.89. The van der Waals surface area contributed by atoms with Crippen molar-refractivity contribution in [3.8, 4) is 5.75 Å². The van der Waals surface area contributed by atoms with Crippen LogP contribution in [0.25, 0.3) is 0 Å². The number of benzene rings is 2. The lowest BCUT2D eigenvalue weighted by Gasteiger charge is -2.26. The van der Waals surface area contributed by atoms with Crippen LogP contribution in [-0.4, -0.2) is 82.5 Å². The molecule has 0 bridgehead atoms. The van der Waals surface area contributed by atoms with Gasteiger partial charge in [0.25, 0.3) is 5.91 Å². The molecular weight excluding hydrogens is 464 g/mol. The van der Waals surface area contributed by atoms with E-state index in [2.05, 4.69) is 0 Å². The number of hydrogen-bond donors (Lipinski definition) is 0. The van der Waals surface area contributed by atoms with Crippen molar-refractivity contribution in [3.05, 3.63) is 58.1 Å².